The second kappa shape index (κ2) is 5.98. The zero-order valence-electron chi connectivity index (χ0n) is 11.3. The molecule has 7 nitrogen and oxygen atoms in total. The number of halogens is 1. The summed E-state index contributed by atoms with van der Waals surface area (Å²) in [6, 6.07) is 6.59. The number of nitrogens with one attached hydrogen (secondary N) is 1. The van der Waals surface area contributed by atoms with Gasteiger partial charge in [-0.1, -0.05) is 23.7 Å². The van der Waals surface area contributed by atoms with Crippen LogP contribution in [0.4, 0.5) is 10.5 Å². The first kappa shape index (κ1) is 14.3. The van der Waals surface area contributed by atoms with E-state index in [2.05, 4.69) is 15.3 Å². The van der Waals surface area contributed by atoms with Gasteiger partial charge in [-0.25, -0.2) is 14.8 Å². The van der Waals surface area contributed by atoms with Crippen LogP contribution in [0.2, 0.25) is 5.02 Å². The third-order valence-corrected chi connectivity index (χ3v) is 3.33. The van der Waals surface area contributed by atoms with Crippen molar-refractivity contribution >= 4 is 29.2 Å². The molecule has 0 atom stereocenters. The molecule has 0 unspecified atom stereocenters. The summed E-state index contributed by atoms with van der Waals surface area (Å²) in [5.41, 5.74) is 0.483. The molecular weight excluding hydrogens is 308 g/mol. The van der Waals surface area contributed by atoms with Gasteiger partial charge >= 0.3 is 12.0 Å². The minimum atomic E-state index is -0.486. The highest BCUT2D eigenvalue weighted by Crippen LogP contribution is 2.27. The average Bonchev–Trinajstić information content (AvgIpc) is 2.51. The van der Waals surface area contributed by atoms with Crippen molar-refractivity contribution in [1.29, 1.82) is 0 Å². The molecule has 0 aliphatic carbocycles. The molecule has 2 aromatic rings. The molecule has 3 amide bonds. The van der Waals surface area contributed by atoms with Crippen LogP contribution in [0.25, 0.3) is 0 Å². The summed E-state index contributed by atoms with van der Waals surface area (Å²) in [5.74, 6) is 0.152. The first-order valence-electron chi connectivity index (χ1n) is 6.49. The monoisotopic (exact) mass is 318 g/mol. The van der Waals surface area contributed by atoms with E-state index < -0.39 is 6.03 Å². The lowest BCUT2D eigenvalue weighted by Crippen LogP contribution is -2.49. The van der Waals surface area contributed by atoms with Crippen LogP contribution in [0.5, 0.6) is 11.8 Å². The van der Waals surface area contributed by atoms with E-state index in [0.717, 1.165) is 0 Å². The van der Waals surface area contributed by atoms with Gasteiger partial charge in [-0.2, -0.15) is 0 Å². The fourth-order valence-corrected chi connectivity index (χ4v) is 2.11. The number of anilines is 1. The number of carbonyl (C=O) groups is 2. The Kier molecular flexibility index (Phi) is 3.88. The molecule has 1 N–H and O–H groups in total. The third-order valence-electron chi connectivity index (χ3n) is 3.02. The Labute approximate surface area is 130 Å². The summed E-state index contributed by atoms with van der Waals surface area (Å²) in [5, 5.41) is 2.68. The molecular formula is C14H11ClN4O3. The third kappa shape index (κ3) is 2.99. The number of benzene rings is 1. The average molecular weight is 319 g/mol. The van der Waals surface area contributed by atoms with Crippen LogP contribution in [-0.4, -0.2) is 28.5 Å². The second-order valence-electron chi connectivity index (χ2n) is 4.51. The van der Waals surface area contributed by atoms with Crippen LogP contribution in [0.1, 0.15) is 6.42 Å². The minimum Gasteiger partial charge on any atom is -0.423 e. The lowest BCUT2D eigenvalue weighted by atomic mass is 10.3. The van der Waals surface area contributed by atoms with Crippen LogP contribution in [0.15, 0.2) is 36.7 Å². The van der Waals surface area contributed by atoms with Crippen LogP contribution < -0.4 is 15.0 Å². The molecule has 112 valence electrons. The van der Waals surface area contributed by atoms with Gasteiger partial charge in [0.2, 0.25) is 5.91 Å². The van der Waals surface area contributed by atoms with Gasteiger partial charge < -0.3 is 4.74 Å². The Morgan fingerprint density at radius 2 is 1.91 bits per heavy atom. The summed E-state index contributed by atoms with van der Waals surface area (Å²) in [7, 11) is 0. The smallest absolute Gasteiger partial charge is 0.328 e. The van der Waals surface area contributed by atoms with Gasteiger partial charge in [0.25, 0.3) is 0 Å². The van der Waals surface area contributed by atoms with Crippen molar-refractivity contribution in [2.75, 3.05) is 11.4 Å². The molecule has 3 rings (SSSR count). The topological polar surface area (TPSA) is 84.4 Å². The maximum atomic E-state index is 11.7. The lowest BCUT2D eigenvalue weighted by Gasteiger charge is -2.25. The highest BCUT2D eigenvalue weighted by Gasteiger charge is 2.24. The number of hydrogen-bond donors (Lipinski definition) is 1. The molecule has 1 saturated heterocycles. The number of aromatic nitrogens is 2. The van der Waals surface area contributed by atoms with Crippen LogP contribution in [0.3, 0.4) is 0 Å². The summed E-state index contributed by atoms with van der Waals surface area (Å²) >= 11 is 5.99. The number of hydrogen-bond acceptors (Lipinski definition) is 5. The molecule has 0 saturated carbocycles. The Balaban J connectivity index is 1.74. The van der Waals surface area contributed by atoms with E-state index >= 15 is 0 Å². The maximum Gasteiger partial charge on any atom is 0.328 e. The van der Waals surface area contributed by atoms with Crippen molar-refractivity contribution in [2.45, 2.75) is 6.42 Å². The van der Waals surface area contributed by atoms with Crippen molar-refractivity contribution in [3.63, 3.8) is 0 Å². The van der Waals surface area contributed by atoms with Crippen molar-refractivity contribution in [3.05, 3.63) is 41.7 Å². The number of rotatable bonds is 3. The van der Waals surface area contributed by atoms with E-state index in [1.165, 1.54) is 17.3 Å². The predicted octanol–water partition coefficient (Wildman–Crippen LogP) is 2.37. The lowest BCUT2D eigenvalue weighted by molar-refractivity contribution is -0.120. The zero-order chi connectivity index (χ0) is 15.5. The quantitative estimate of drug-likeness (QED) is 0.939. The van der Waals surface area contributed by atoms with E-state index in [4.69, 9.17) is 16.3 Å². The van der Waals surface area contributed by atoms with Crippen molar-refractivity contribution < 1.29 is 14.3 Å². The van der Waals surface area contributed by atoms with Gasteiger partial charge in [0.05, 0.1) is 23.1 Å². The van der Waals surface area contributed by atoms with Crippen molar-refractivity contribution in [1.82, 2.24) is 15.3 Å². The molecule has 2 heterocycles. The van der Waals surface area contributed by atoms with E-state index in [9.17, 15) is 9.59 Å². The van der Waals surface area contributed by atoms with Gasteiger partial charge in [-0.15, -0.1) is 0 Å². The van der Waals surface area contributed by atoms with Gasteiger partial charge in [-0.05, 0) is 12.1 Å². The summed E-state index contributed by atoms with van der Waals surface area (Å²) in [6.07, 6.45) is 3.15. The molecule has 1 fully saturated rings. The first-order chi connectivity index (χ1) is 10.6. The Hall–Kier alpha value is -2.67. The highest BCUT2D eigenvalue weighted by molar-refractivity contribution is 6.32. The normalized spacial score (nSPS) is 14.7. The Morgan fingerprint density at radius 1 is 1.18 bits per heavy atom. The Morgan fingerprint density at radius 3 is 2.59 bits per heavy atom. The van der Waals surface area contributed by atoms with E-state index in [1.807, 2.05) is 0 Å². The van der Waals surface area contributed by atoms with E-state index in [0.29, 0.717) is 23.0 Å². The van der Waals surface area contributed by atoms with Gasteiger partial charge in [0.1, 0.15) is 5.75 Å². The van der Waals surface area contributed by atoms with Crippen LogP contribution in [-0.2, 0) is 4.79 Å². The zero-order valence-corrected chi connectivity index (χ0v) is 12.1. The molecule has 1 aliphatic rings. The number of carbonyl (C=O) groups excluding carboxylic acids is 2. The van der Waals surface area contributed by atoms with Crippen molar-refractivity contribution in [3.8, 4) is 11.8 Å². The van der Waals surface area contributed by atoms with Crippen molar-refractivity contribution in [2.24, 2.45) is 0 Å². The molecule has 1 aliphatic heterocycles. The van der Waals surface area contributed by atoms with Gasteiger partial charge in [-0.3, -0.25) is 15.0 Å². The fourth-order valence-electron chi connectivity index (χ4n) is 1.94. The number of ether oxygens (including phenoxy) is 1. The maximum absolute atomic E-state index is 11.7. The number of amides is 3. The molecule has 0 spiro atoms. The predicted molar refractivity (Wildman–Crippen MR) is 79.1 cm³/mol. The molecule has 1 aromatic carbocycles. The van der Waals surface area contributed by atoms with Gasteiger partial charge in [0, 0.05) is 13.0 Å². The Bertz CT molecular complexity index is 720. The highest BCUT2D eigenvalue weighted by atomic mass is 35.5. The second-order valence-corrected chi connectivity index (χ2v) is 4.92. The van der Waals surface area contributed by atoms with Crippen LogP contribution in [0, 0.1) is 0 Å². The molecule has 1 aromatic heterocycles. The SMILES string of the molecule is O=C1CCN(c2cnc(Oc3ccccc3Cl)nc2)C(=O)N1. The summed E-state index contributed by atoms with van der Waals surface area (Å²) < 4.78 is 5.47. The van der Waals surface area contributed by atoms with Crippen LogP contribution >= 0.6 is 11.6 Å². The molecule has 22 heavy (non-hydrogen) atoms. The van der Waals surface area contributed by atoms with E-state index in [-0.39, 0.29) is 18.3 Å². The minimum absolute atomic E-state index is 0.116. The number of urea groups is 1. The standard InChI is InChI=1S/C14H11ClN4O3/c15-10-3-1-2-4-11(10)22-13-16-7-9(8-17-13)19-6-5-12(20)18-14(19)21/h1-4,7-8H,5-6H2,(H,18,20,21). The first-order valence-corrected chi connectivity index (χ1v) is 6.87. The molecule has 0 bridgehead atoms. The number of imide groups is 1. The van der Waals surface area contributed by atoms with E-state index in [1.54, 1.807) is 24.3 Å². The molecule has 8 heteroatoms. The van der Waals surface area contributed by atoms with Gasteiger partial charge in [0.15, 0.2) is 0 Å². The summed E-state index contributed by atoms with van der Waals surface area (Å²) in [4.78, 5) is 32.3. The number of para-hydroxylation sites is 1. The summed E-state index contributed by atoms with van der Waals surface area (Å²) in [6.45, 7) is 0.290. The molecule has 0 radical (unpaired) electrons. The largest absolute Gasteiger partial charge is 0.423 e. The fraction of sp³-hybridized carbons (Fsp3) is 0.143. The number of nitrogens with zero attached hydrogens (tertiary/aromatic N) is 3.